The summed E-state index contributed by atoms with van der Waals surface area (Å²) in [7, 11) is -3.40. The van der Waals surface area contributed by atoms with E-state index < -0.39 is 10.0 Å². The van der Waals surface area contributed by atoms with E-state index in [1.54, 1.807) is 4.31 Å². The van der Waals surface area contributed by atoms with Gasteiger partial charge < -0.3 is 4.74 Å². The molecule has 1 fully saturated rings. The van der Waals surface area contributed by atoms with Gasteiger partial charge in [-0.3, -0.25) is 4.90 Å². The topological polar surface area (TPSA) is 49.9 Å². The molecule has 0 amide bonds. The van der Waals surface area contributed by atoms with Crippen molar-refractivity contribution in [1.82, 2.24) is 9.21 Å². The summed E-state index contributed by atoms with van der Waals surface area (Å²) in [5.41, 5.74) is 1.79. The first kappa shape index (κ1) is 18.4. The fraction of sp³-hybridized carbons (Fsp3) is 0.400. The van der Waals surface area contributed by atoms with Crippen LogP contribution >= 0.6 is 0 Å². The van der Waals surface area contributed by atoms with Gasteiger partial charge in [-0.05, 0) is 23.8 Å². The summed E-state index contributed by atoms with van der Waals surface area (Å²) < 4.78 is 45.7. The summed E-state index contributed by atoms with van der Waals surface area (Å²) in [5, 5.41) is 0. The van der Waals surface area contributed by atoms with E-state index in [-0.39, 0.29) is 17.6 Å². The summed E-state index contributed by atoms with van der Waals surface area (Å²) in [5.74, 6) is 0.481. The SMILES string of the molecule is O=S(=O)(Cc1ccc(F)cc1)N1CCN(C2CCOc3ccccc32)CC1. The lowest BCUT2D eigenvalue weighted by Gasteiger charge is -2.40. The van der Waals surface area contributed by atoms with Crippen molar-refractivity contribution in [2.75, 3.05) is 32.8 Å². The molecule has 1 saturated heterocycles. The van der Waals surface area contributed by atoms with E-state index in [2.05, 4.69) is 11.0 Å². The van der Waals surface area contributed by atoms with Crippen LogP contribution in [0.1, 0.15) is 23.6 Å². The minimum Gasteiger partial charge on any atom is -0.493 e. The van der Waals surface area contributed by atoms with Gasteiger partial charge in [-0.25, -0.2) is 12.8 Å². The minimum atomic E-state index is -3.40. The molecule has 2 aromatic rings. The molecular formula is C20H23FN2O3S. The molecule has 7 heteroatoms. The number of benzene rings is 2. The Kier molecular flexibility index (Phi) is 5.16. The molecule has 0 bridgehead atoms. The highest BCUT2D eigenvalue weighted by Crippen LogP contribution is 2.36. The monoisotopic (exact) mass is 390 g/mol. The van der Waals surface area contributed by atoms with Crippen LogP contribution < -0.4 is 4.74 Å². The number of hydrogen-bond donors (Lipinski definition) is 0. The summed E-state index contributed by atoms with van der Waals surface area (Å²) in [6.45, 7) is 3.03. The molecule has 5 nitrogen and oxygen atoms in total. The van der Waals surface area contributed by atoms with Crippen molar-refractivity contribution in [3.05, 3.63) is 65.5 Å². The van der Waals surface area contributed by atoms with E-state index in [1.165, 1.54) is 29.8 Å². The summed E-state index contributed by atoms with van der Waals surface area (Å²) in [4.78, 5) is 2.35. The second kappa shape index (κ2) is 7.58. The smallest absolute Gasteiger partial charge is 0.218 e. The lowest BCUT2D eigenvalue weighted by atomic mass is 9.98. The van der Waals surface area contributed by atoms with E-state index in [0.29, 0.717) is 38.3 Å². The summed E-state index contributed by atoms with van der Waals surface area (Å²) in [6, 6.07) is 14.0. The van der Waals surface area contributed by atoms with Gasteiger partial charge >= 0.3 is 0 Å². The van der Waals surface area contributed by atoms with Gasteiger partial charge in [-0.2, -0.15) is 4.31 Å². The van der Waals surface area contributed by atoms with Crippen LogP contribution in [0.2, 0.25) is 0 Å². The molecule has 2 heterocycles. The van der Waals surface area contributed by atoms with Gasteiger partial charge in [-0.1, -0.05) is 30.3 Å². The highest BCUT2D eigenvalue weighted by molar-refractivity contribution is 7.88. The predicted octanol–water partition coefficient (Wildman–Crippen LogP) is 2.80. The fourth-order valence-electron chi connectivity index (χ4n) is 3.88. The van der Waals surface area contributed by atoms with E-state index >= 15 is 0 Å². The molecule has 0 aliphatic carbocycles. The van der Waals surface area contributed by atoms with Gasteiger partial charge in [0.25, 0.3) is 0 Å². The molecule has 2 aromatic carbocycles. The average molecular weight is 390 g/mol. The third-order valence-corrected chi connectivity index (χ3v) is 7.15. The number of sulfonamides is 1. The molecule has 0 N–H and O–H groups in total. The van der Waals surface area contributed by atoms with Crippen LogP contribution in [0.4, 0.5) is 4.39 Å². The zero-order valence-corrected chi connectivity index (χ0v) is 15.9. The van der Waals surface area contributed by atoms with Gasteiger partial charge in [0, 0.05) is 44.2 Å². The lowest BCUT2D eigenvalue weighted by molar-refractivity contribution is 0.103. The Balaban J connectivity index is 1.41. The lowest BCUT2D eigenvalue weighted by Crippen LogP contribution is -2.50. The Morgan fingerprint density at radius 1 is 1.00 bits per heavy atom. The van der Waals surface area contributed by atoms with Crippen molar-refractivity contribution >= 4 is 10.0 Å². The second-order valence-corrected chi connectivity index (χ2v) is 8.98. The number of piperazine rings is 1. The van der Waals surface area contributed by atoms with E-state index in [1.807, 2.05) is 18.2 Å². The Bertz CT molecular complexity index is 894. The highest BCUT2D eigenvalue weighted by Gasteiger charge is 2.32. The molecule has 27 heavy (non-hydrogen) atoms. The summed E-state index contributed by atoms with van der Waals surface area (Å²) in [6.07, 6.45) is 0.916. The van der Waals surface area contributed by atoms with Crippen LogP contribution in [0.5, 0.6) is 5.75 Å². The molecule has 2 aliphatic rings. The second-order valence-electron chi connectivity index (χ2n) is 7.01. The van der Waals surface area contributed by atoms with Crippen molar-refractivity contribution in [3.8, 4) is 5.75 Å². The maximum atomic E-state index is 13.0. The molecule has 1 unspecified atom stereocenters. The third-order valence-electron chi connectivity index (χ3n) is 5.30. The third kappa shape index (κ3) is 4.00. The predicted molar refractivity (Wildman–Crippen MR) is 101 cm³/mol. The molecule has 0 aromatic heterocycles. The van der Waals surface area contributed by atoms with Crippen molar-refractivity contribution < 1.29 is 17.5 Å². The molecule has 4 rings (SSSR count). The fourth-order valence-corrected chi connectivity index (χ4v) is 5.39. The average Bonchev–Trinajstić information content (AvgIpc) is 2.69. The number of fused-ring (bicyclic) bond motifs is 1. The maximum absolute atomic E-state index is 13.0. The van der Waals surface area contributed by atoms with Crippen LogP contribution in [0, 0.1) is 5.82 Å². The maximum Gasteiger partial charge on any atom is 0.218 e. The Morgan fingerprint density at radius 3 is 2.44 bits per heavy atom. The number of hydrogen-bond acceptors (Lipinski definition) is 4. The van der Waals surface area contributed by atoms with Crippen LogP contribution in [-0.4, -0.2) is 50.4 Å². The first-order chi connectivity index (χ1) is 13.0. The molecule has 0 radical (unpaired) electrons. The number of nitrogens with zero attached hydrogens (tertiary/aromatic N) is 2. The Hall–Kier alpha value is -1.96. The Morgan fingerprint density at radius 2 is 1.70 bits per heavy atom. The zero-order valence-electron chi connectivity index (χ0n) is 15.1. The molecular weight excluding hydrogens is 367 g/mol. The number of para-hydroxylation sites is 1. The normalized spacial score (nSPS) is 21.4. The van der Waals surface area contributed by atoms with Crippen LogP contribution in [-0.2, 0) is 15.8 Å². The first-order valence-corrected chi connectivity index (χ1v) is 10.8. The van der Waals surface area contributed by atoms with Gasteiger partial charge in [-0.15, -0.1) is 0 Å². The van der Waals surface area contributed by atoms with E-state index in [9.17, 15) is 12.8 Å². The highest BCUT2D eigenvalue weighted by atomic mass is 32.2. The largest absolute Gasteiger partial charge is 0.493 e. The van der Waals surface area contributed by atoms with Crippen molar-refractivity contribution in [2.24, 2.45) is 0 Å². The van der Waals surface area contributed by atoms with Crippen molar-refractivity contribution in [1.29, 1.82) is 0 Å². The van der Waals surface area contributed by atoms with Gasteiger partial charge in [0.2, 0.25) is 10.0 Å². The van der Waals surface area contributed by atoms with Crippen LogP contribution in [0.25, 0.3) is 0 Å². The Labute approximate surface area is 159 Å². The molecule has 2 aliphatic heterocycles. The van der Waals surface area contributed by atoms with Crippen LogP contribution in [0.15, 0.2) is 48.5 Å². The van der Waals surface area contributed by atoms with Gasteiger partial charge in [0.1, 0.15) is 11.6 Å². The van der Waals surface area contributed by atoms with Crippen LogP contribution in [0.3, 0.4) is 0 Å². The van der Waals surface area contributed by atoms with Crippen molar-refractivity contribution in [2.45, 2.75) is 18.2 Å². The van der Waals surface area contributed by atoms with E-state index in [0.717, 1.165) is 12.2 Å². The molecule has 0 spiro atoms. The first-order valence-electron chi connectivity index (χ1n) is 9.21. The van der Waals surface area contributed by atoms with Gasteiger partial charge in [0.15, 0.2) is 0 Å². The number of halogens is 1. The number of rotatable bonds is 4. The van der Waals surface area contributed by atoms with Crippen molar-refractivity contribution in [3.63, 3.8) is 0 Å². The summed E-state index contributed by atoms with van der Waals surface area (Å²) >= 11 is 0. The standard InChI is InChI=1S/C20H23FN2O3S/c21-17-7-5-16(6-8-17)15-27(24,25)23-12-10-22(11-13-23)19-9-14-26-20-4-2-1-3-18(19)20/h1-8,19H,9-15H2. The number of ether oxygens (including phenoxy) is 1. The van der Waals surface area contributed by atoms with E-state index in [4.69, 9.17) is 4.74 Å². The molecule has 1 atom stereocenters. The van der Waals surface area contributed by atoms with Gasteiger partial charge in [0.05, 0.1) is 12.4 Å². The minimum absolute atomic E-state index is 0.0899. The quantitative estimate of drug-likeness (QED) is 0.806. The molecule has 0 saturated carbocycles. The zero-order chi connectivity index (χ0) is 18.9. The molecule has 144 valence electrons.